The molecule has 4 aromatic rings. The molecule has 0 saturated heterocycles. The number of H-pyrrole nitrogens is 1. The number of ether oxygens (including phenoxy) is 1. The van der Waals surface area contributed by atoms with Crippen molar-refractivity contribution in [2.75, 3.05) is 13.7 Å². The van der Waals surface area contributed by atoms with Crippen LogP contribution in [0.1, 0.15) is 23.5 Å². The van der Waals surface area contributed by atoms with Crippen molar-refractivity contribution in [3.63, 3.8) is 0 Å². The van der Waals surface area contributed by atoms with Gasteiger partial charge in [-0.05, 0) is 22.5 Å². The number of benzene rings is 1. The Bertz CT molecular complexity index is 1310. The van der Waals surface area contributed by atoms with Gasteiger partial charge in [-0.3, -0.25) is 4.79 Å². The molecule has 164 valence electrons. The Kier molecular flexibility index (Phi) is 5.78. The number of aromatic amines is 1. The van der Waals surface area contributed by atoms with Crippen molar-refractivity contribution < 1.29 is 14.3 Å². The highest BCUT2D eigenvalue weighted by Crippen LogP contribution is 2.36. The van der Waals surface area contributed by atoms with Crippen LogP contribution < -0.4 is 10.1 Å². The van der Waals surface area contributed by atoms with Crippen LogP contribution in [0.15, 0.2) is 60.8 Å². The molecule has 7 nitrogen and oxygen atoms in total. The van der Waals surface area contributed by atoms with E-state index >= 15 is 0 Å². The van der Waals surface area contributed by atoms with Crippen LogP contribution in [0.4, 0.5) is 4.79 Å². The molecule has 1 aliphatic rings. The SMILES string of the molecule is [B]c1cc2sc(-c3cnc([C@@H]4C=CCN4C(=O)C(NC(=O)OC)c4ccccc4)[nH]3)cc2s1. The molecule has 10 heteroatoms. The van der Waals surface area contributed by atoms with Crippen molar-refractivity contribution in [2.24, 2.45) is 0 Å². The van der Waals surface area contributed by atoms with Gasteiger partial charge in [0.2, 0.25) is 0 Å². The van der Waals surface area contributed by atoms with E-state index in [-0.39, 0.29) is 11.9 Å². The smallest absolute Gasteiger partial charge is 0.407 e. The van der Waals surface area contributed by atoms with Gasteiger partial charge in [0.1, 0.15) is 25.8 Å². The number of fused-ring (bicyclic) bond motifs is 1. The second-order valence-electron chi connectivity index (χ2n) is 7.51. The van der Waals surface area contributed by atoms with Gasteiger partial charge in [-0.2, -0.15) is 11.3 Å². The molecule has 2 N–H and O–H groups in total. The summed E-state index contributed by atoms with van der Waals surface area (Å²) in [5, 5.41) is 2.66. The van der Waals surface area contributed by atoms with Crippen LogP contribution >= 0.6 is 22.7 Å². The third-order valence-corrected chi connectivity index (χ3v) is 7.59. The van der Waals surface area contributed by atoms with Gasteiger partial charge in [-0.15, -0.1) is 11.3 Å². The Morgan fingerprint density at radius 2 is 2.03 bits per heavy atom. The molecule has 1 unspecified atom stereocenters. The number of alkyl carbamates (subject to hydrolysis) is 1. The number of nitrogens with one attached hydrogen (secondary N) is 2. The second-order valence-corrected chi connectivity index (χ2v) is 9.71. The van der Waals surface area contributed by atoms with E-state index in [0.29, 0.717) is 17.9 Å². The fraction of sp³-hybridized carbons (Fsp3) is 0.174. The number of hydrogen-bond donors (Lipinski definition) is 2. The number of hydrogen-bond acceptors (Lipinski definition) is 6. The van der Waals surface area contributed by atoms with Gasteiger partial charge >= 0.3 is 6.09 Å². The standard InChI is InChI=1S/C23H19BN4O3S2/c1-31-23(30)27-20(13-6-3-2-4-7-13)22(29)28-9-5-8-15(28)21-25-12-14(26-21)16-10-17-18(32-16)11-19(24)33-17/h2-8,10-12,15,20H,9H2,1H3,(H,25,26)(H,27,30)/t15-,20?/m0/s1. The van der Waals surface area contributed by atoms with Crippen LogP contribution in [0.3, 0.4) is 0 Å². The molecule has 2 radical (unpaired) electrons. The van der Waals surface area contributed by atoms with Crippen molar-refractivity contribution in [2.45, 2.75) is 12.1 Å². The van der Waals surface area contributed by atoms with Gasteiger partial charge in [0.15, 0.2) is 0 Å². The quantitative estimate of drug-likeness (QED) is 0.341. The summed E-state index contributed by atoms with van der Waals surface area (Å²) >= 11 is 3.20. The maximum absolute atomic E-state index is 13.5. The molecular weight excluding hydrogens is 455 g/mol. The summed E-state index contributed by atoms with van der Waals surface area (Å²) in [7, 11) is 7.16. The zero-order valence-corrected chi connectivity index (χ0v) is 19.3. The van der Waals surface area contributed by atoms with Crippen LogP contribution in [0, 0.1) is 0 Å². The van der Waals surface area contributed by atoms with Gasteiger partial charge in [0, 0.05) is 15.9 Å². The highest BCUT2D eigenvalue weighted by Gasteiger charge is 2.34. The fourth-order valence-corrected chi connectivity index (χ4v) is 6.00. The molecule has 3 aromatic heterocycles. The van der Waals surface area contributed by atoms with E-state index in [1.54, 1.807) is 45.9 Å². The van der Waals surface area contributed by atoms with Gasteiger partial charge in [0.05, 0.1) is 23.9 Å². The molecule has 0 spiro atoms. The van der Waals surface area contributed by atoms with E-state index in [9.17, 15) is 9.59 Å². The zero-order valence-electron chi connectivity index (χ0n) is 17.6. The summed E-state index contributed by atoms with van der Waals surface area (Å²) in [6.45, 7) is 0.416. The third kappa shape index (κ3) is 4.19. The van der Waals surface area contributed by atoms with Crippen LogP contribution in [0.5, 0.6) is 0 Å². The van der Waals surface area contributed by atoms with E-state index in [4.69, 9.17) is 12.6 Å². The normalized spacial score (nSPS) is 16.3. The van der Waals surface area contributed by atoms with E-state index in [2.05, 4.69) is 21.4 Å². The fourth-order valence-electron chi connectivity index (χ4n) is 3.86. The Balaban J connectivity index is 1.41. The lowest BCUT2D eigenvalue weighted by atomic mass is 10.1. The van der Waals surface area contributed by atoms with Crippen LogP contribution in [0.2, 0.25) is 0 Å². The van der Waals surface area contributed by atoms with Crippen molar-refractivity contribution in [3.05, 3.63) is 72.2 Å². The largest absolute Gasteiger partial charge is 0.453 e. The summed E-state index contributed by atoms with van der Waals surface area (Å²) < 4.78 is 7.82. The maximum Gasteiger partial charge on any atom is 0.407 e. The van der Waals surface area contributed by atoms with E-state index in [1.807, 2.05) is 36.4 Å². The first-order chi connectivity index (χ1) is 16.0. The average molecular weight is 474 g/mol. The van der Waals surface area contributed by atoms with Crippen molar-refractivity contribution in [1.82, 2.24) is 20.2 Å². The van der Waals surface area contributed by atoms with E-state index < -0.39 is 12.1 Å². The molecule has 2 amide bonds. The van der Waals surface area contributed by atoms with Crippen molar-refractivity contribution >= 4 is 56.7 Å². The zero-order chi connectivity index (χ0) is 22.9. The third-order valence-electron chi connectivity index (χ3n) is 5.43. The van der Waals surface area contributed by atoms with Gasteiger partial charge in [-0.25, -0.2) is 9.78 Å². The lowest BCUT2D eigenvalue weighted by Crippen LogP contribution is -2.43. The topological polar surface area (TPSA) is 87.3 Å². The van der Waals surface area contributed by atoms with E-state index in [1.165, 1.54) is 7.11 Å². The summed E-state index contributed by atoms with van der Waals surface area (Å²) in [6.07, 6.45) is 4.98. The van der Waals surface area contributed by atoms with Crippen molar-refractivity contribution in [1.29, 1.82) is 0 Å². The summed E-state index contributed by atoms with van der Waals surface area (Å²) in [5.41, 5.74) is 1.56. The minimum atomic E-state index is -0.870. The highest BCUT2D eigenvalue weighted by atomic mass is 32.1. The van der Waals surface area contributed by atoms with Crippen LogP contribution in [-0.2, 0) is 9.53 Å². The molecule has 2 atom stereocenters. The molecule has 0 aliphatic carbocycles. The Morgan fingerprint density at radius 1 is 1.24 bits per heavy atom. The number of amides is 2. The molecule has 33 heavy (non-hydrogen) atoms. The number of aromatic nitrogens is 2. The monoisotopic (exact) mass is 474 g/mol. The number of thiophene rings is 2. The molecule has 1 aromatic carbocycles. The lowest BCUT2D eigenvalue weighted by Gasteiger charge is -2.28. The van der Waals surface area contributed by atoms with Crippen LogP contribution in [-0.4, -0.2) is 48.4 Å². The Hall–Kier alpha value is -3.37. The van der Waals surface area contributed by atoms with Gasteiger partial charge in [0.25, 0.3) is 5.91 Å². The number of imidazole rings is 1. The average Bonchev–Trinajstić information content (AvgIpc) is 3.60. The molecule has 1 aliphatic heterocycles. The molecule has 0 saturated carbocycles. The van der Waals surface area contributed by atoms with Gasteiger partial charge in [-0.1, -0.05) is 42.5 Å². The summed E-state index contributed by atoms with van der Waals surface area (Å²) in [5.74, 6) is 0.417. The molecule has 0 fully saturated rings. The highest BCUT2D eigenvalue weighted by molar-refractivity contribution is 7.33. The van der Waals surface area contributed by atoms with Gasteiger partial charge < -0.3 is 19.9 Å². The molecule has 0 bridgehead atoms. The second kappa shape index (κ2) is 8.88. The minimum absolute atomic E-state index is 0.244. The predicted octanol–water partition coefficient (Wildman–Crippen LogP) is 3.68. The van der Waals surface area contributed by atoms with Crippen molar-refractivity contribution in [3.8, 4) is 10.6 Å². The number of carbonyl (C=O) groups is 2. The number of rotatable bonds is 5. The first kappa shape index (κ1) is 21.5. The number of carbonyl (C=O) groups excluding carboxylic acids is 2. The summed E-state index contributed by atoms with van der Waals surface area (Å²) in [6, 6.07) is 11.9. The summed E-state index contributed by atoms with van der Waals surface area (Å²) in [4.78, 5) is 36.2. The number of methoxy groups -OCH3 is 1. The maximum atomic E-state index is 13.5. The Labute approximate surface area is 199 Å². The molecular formula is C23H19BN4O3S2. The van der Waals surface area contributed by atoms with E-state index in [0.717, 1.165) is 24.7 Å². The molecule has 4 heterocycles. The van der Waals surface area contributed by atoms with Crippen LogP contribution in [0.25, 0.3) is 20.0 Å². The molecule has 5 rings (SSSR count). The minimum Gasteiger partial charge on any atom is -0.453 e. The number of nitrogens with zero attached hydrogens (tertiary/aromatic N) is 2. The lowest BCUT2D eigenvalue weighted by molar-refractivity contribution is -0.134. The first-order valence-electron chi connectivity index (χ1n) is 10.2. The predicted molar refractivity (Wildman–Crippen MR) is 131 cm³/mol. The first-order valence-corrected chi connectivity index (χ1v) is 11.9. The Morgan fingerprint density at radius 3 is 2.79 bits per heavy atom.